The van der Waals surface area contributed by atoms with Crippen LogP contribution in [0.1, 0.15) is 31.1 Å². The molecular weight excluding hydrogens is 212 g/mol. The number of anilines is 1. The first-order valence-corrected chi connectivity index (χ1v) is 5.89. The van der Waals surface area contributed by atoms with Crippen LogP contribution < -0.4 is 5.73 Å². The molecule has 4 nitrogen and oxygen atoms in total. The van der Waals surface area contributed by atoms with Crippen molar-refractivity contribution in [2.24, 2.45) is 0 Å². The molecule has 4 heteroatoms. The summed E-state index contributed by atoms with van der Waals surface area (Å²) >= 11 is 0. The van der Waals surface area contributed by atoms with E-state index in [1.165, 1.54) is 0 Å². The van der Waals surface area contributed by atoms with Crippen molar-refractivity contribution in [1.82, 2.24) is 14.8 Å². The molecule has 2 rings (SSSR count). The molecule has 17 heavy (non-hydrogen) atoms. The smallest absolute Gasteiger partial charge is 0.0628 e. The summed E-state index contributed by atoms with van der Waals surface area (Å²) in [5.74, 6) is 0. The Kier molecular flexibility index (Phi) is 3.42. The average molecular weight is 230 g/mol. The predicted molar refractivity (Wildman–Crippen MR) is 68.7 cm³/mol. The van der Waals surface area contributed by atoms with E-state index in [0.717, 1.165) is 29.8 Å². The Morgan fingerprint density at radius 1 is 1.29 bits per heavy atom. The van der Waals surface area contributed by atoms with Crippen LogP contribution in [0.2, 0.25) is 0 Å². The molecule has 90 valence electrons. The second-order valence-electron chi connectivity index (χ2n) is 4.46. The number of nitrogens with two attached hydrogens (primary N) is 1. The fraction of sp³-hybridized carbons (Fsp3) is 0.385. The Morgan fingerprint density at radius 2 is 2.12 bits per heavy atom. The zero-order chi connectivity index (χ0) is 12.3. The molecule has 2 aromatic heterocycles. The van der Waals surface area contributed by atoms with Gasteiger partial charge in [-0.25, -0.2) is 0 Å². The fourth-order valence-electron chi connectivity index (χ4n) is 1.71. The van der Waals surface area contributed by atoms with Crippen LogP contribution in [0.3, 0.4) is 0 Å². The first-order valence-electron chi connectivity index (χ1n) is 5.89. The standard InChI is InChI=1S/C13H18N4/c1-10(2)17-8-6-12(16-17)4-3-11-9-15-7-5-13(11)14/h5-10H,3-4H2,1-2H3,(H2,14,15). The van der Waals surface area contributed by atoms with Gasteiger partial charge < -0.3 is 5.73 Å². The number of aryl methyl sites for hydroxylation is 2. The van der Waals surface area contributed by atoms with Crippen LogP contribution in [-0.4, -0.2) is 14.8 Å². The third-order valence-electron chi connectivity index (χ3n) is 2.78. The molecule has 0 bridgehead atoms. The monoisotopic (exact) mass is 230 g/mol. The molecule has 0 amide bonds. The van der Waals surface area contributed by atoms with E-state index < -0.39 is 0 Å². The summed E-state index contributed by atoms with van der Waals surface area (Å²) in [4.78, 5) is 4.09. The van der Waals surface area contributed by atoms with Crippen molar-refractivity contribution in [3.05, 3.63) is 42.0 Å². The zero-order valence-corrected chi connectivity index (χ0v) is 10.3. The van der Waals surface area contributed by atoms with E-state index in [1.54, 1.807) is 6.20 Å². The van der Waals surface area contributed by atoms with Crippen LogP contribution in [0.15, 0.2) is 30.7 Å². The van der Waals surface area contributed by atoms with Gasteiger partial charge in [0, 0.05) is 30.3 Å². The third-order valence-corrected chi connectivity index (χ3v) is 2.78. The minimum absolute atomic E-state index is 0.409. The summed E-state index contributed by atoms with van der Waals surface area (Å²) in [7, 11) is 0. The molecule has 0 aromatic carbocycles. The number of hydrogen-bond donors (Lipinski definition) is 1. The predicted octanol–water partition coefficient (Wildman–Crippen LogP) is 2.23. The largest absolute Gasteiger partial charge is 0.398 e. The van der Waals surface area contributed by atoms with Crippen molar-refractivity contribution < 1.29 is 0 Å². The number of aromatic nitrogens is 3. The van der Waals surface area contributed by atoms with Gasteiger partial charge in [-0.05, 0) is 44.4 Å². The van der Waals surface area contributed by atoms with Gasteiger partial charge in [-0.3, -0.25) is 9.67 Å². The summed E-state index contributed by atoms with van der Waals surface area (Å²) in [6.45, 7) is 4.24. The van der Waals surface area contributed by atoms with Gasteiger partial charge in [-0.2, -0.15) is 5.10 Å². The van der Waals surface area contributed by atoms with E-state index >= 15 is 0 Å². The summed E-state index contributed by atoms with van der Waals surface area (Å²) in [6.07, 6.45) is 7.35. The van der Waals surface area contributed by atoms with Crippen molar-refractivity contribution in [3.63, 3.8) is 0 Å². The highest BCUT2D eigenvalue weighted by atomic mass is 15.3. The lowest BCUT2D eigenvalue weighted by molar-refractivity contribution is 0.526. The number of pyridine rings is 1. The highest BCUT2D eigenvalue weighted by Gasteiger charge is 2.04. The van der Waals surface area contributed by atoms with Crippen LogP contribution in [0, 0.1) is 0 Å². The molecule has 0 aliphatic rings. The first kappa shape index (κ1) is 11.6. The maximum absolute atomic E-state index is 5.87. The molecule has 0 atom stereocenters. The Labute approximate surface area is 101 Å². The molecule has 0 fully saturated rings. The molecule has 2 aromatic rings. The lowest BCUT2D eigenvalue weighted by Crippen LogP contribution is -2.03. The van der Waals surface area contributed by atoms with E-state index in [1.807, 2.05) is 23.1 Å². The normalized spacial score (nSPS) is 11.0. The number of nitrogens with zero attached hydrogens (tertiary/aromatic N) is 3. The van der Waals surface area contributed by atoms with E-state index in [-0.39, 0.29) is 0 Å². The van der Waals surface area contributed by atoms with Crippen LogP contribution in [-0.2, 0) is 12.8 Å². The maximum atomic E-state index is 5.87. The van der Waals surface area contributed by atoms with Crippen molar-refractivity contribution >= 4 is 5.69 Å². The fourth-order valence-corrected chi connectivity index (χ4v) is 1.71. The van der Waals surface area contributed by atoms with Crippen molar-refractivity contribution in [3.8, 4) is 0 Å². The van der Waals surface area contributed by atoms with Gasteiger partial charge in [-0.1, -0.05) is 0 Å². The molecule has 0 saturated carbocycles. The van der Waals surface area contributed by atoms with Crippen molar-refractivity contribution in [2.75, 3.05) is 5.73 Å². The van der Waals surface area contributed by atoms with E-state index in [2.05, 4.69) is 30.0 Å². The lowest BCUT2D eigenvalue weighted by atomic mass is 10.1. The van der Waals surface area contributed by atoms with Gasteiger partial charge in [0.1, 0.15) is 0 Å². The molecule has 0 radical (unpaired) electrons. The summed E-state index contributed by atoms with van der Waals surface area (Å²) in [5.41, 5.74) is 8.87. The molecular formula is C13H18N4. The molecule has 0 saturated heterocycles. The summed E-state index contributed by atoms with van der Waals surface area (Å²) in [6, 6.07) is 4.31. The number of rotatable bonds is 4. The van der Waals surface area contributed by atoms with E-state index in [4.69, 9.17) is 5.73 Å². The quantitative estimate of drug-likeness (QED) is 0.876. The van der Waals surface area contributed by atoms with Gasteiger partial charge in [0.2, 0.25) is 0 Å². The molecule has 2 N–H and O–H groups in total. The Balaban J connectivity index is 2.00. The highest BCUT2D eigenvalue weighted by Crippen LogP contribution is 2.12. The van der Waals surface area contributed by atoms with Crippen LogP contribution in [0.4, 0.5) is 5.69 Å². The zero-order valence-electron chi connectivity index (χ0n) is 10.3. The molecule has 0 spiro atoms. The lowest BCUT2D eigenvalue weighted by Gasteiger charge is -2.04. The Bertz CT molecular complexity index is 488. The van der Waals surface area contributed by atoms with Crippen molar-refractivity contribution in [2.45, 2.75) is 32.7 Å². The minimum Gasteiger partial charge on any atom is -0.398 e. The van der Waals surface area contributed by atoms with E-state index in [9.17, 15) is 0 Å². The number of hydrogen-bond acceptors (Lipinski definition) is 3. The third kappa shape index (κ3) is 2.84. The maximum Gasteiger partial charge on any atom is 0.0628 e. The first-order chi connectivity index (χ1) is 8.16. The van der Waals surface area contributed by atoms with Crippen molar-refractivity contribution in [1.29, 1.82) is 0 Å². The SMILES string of the molecule is CC(C)n1ccc(CCc2cnccc2N)n1. The topological polar surface area (TPSA) is 56.7 Å². The van der Waals surface area contributed by atoms with Gasteiger partial charge in [0.05, 0.1) is 5.69 Å². The molecule has 0 aliphatic carbocycles. The number of nitrogen functional groups attached to an aromatic ring is 1. The Hall–Kier alpha value is -1.84. The summed E-state index contributed by atoms with van der Waals surface area (Å²) < 4.78 is 1.97. The van der Waals surface area contributed by atoms with E-state index in [0.29, 0.717) is 6.04 Å². The molecule has 0 unspecified atom stereocenters. The van der Waals surface area contributed by atoms with Crippen LogP contribution >= 0.6 is 0 Å². The molecule has 2 heterocycles. The van der Waals surface area contributed by atoms with Gasteiger partial charge in [-0.15, -0.1) is 0 Å². The highest BCUT2D eigenvalue weighted by molar-refractivity contribution is 5.44. The Morgan fingerprint density at radius 3 is 2.76 bits per heavy atom. The second kappa shape index (κ2) is 4.99. The summed E-state index contributed by atoms with van der Waals surface area (Å²) in [5, 5.41) is 4.51. The second-order valence-corrected chi connectivity index (χ2v) is 4.46. The van der Waals surface area contributed by atoms with Gasteiger partial charge >= 0.3 is 0 Å². The van der Waals surface area contributed by atoms with Crippen LogP contribution in [0.25, 0.3) is 0 Å². The minimum atomic E-state index is 0.409. The molecule has 0 aliphatic heterocycles. The van der Waals surface area contributed by atoms with Gasteiger partial charge in [0.15, 0.2) is 0 Å². The van der Waals surface area contributed by atoms with Gasteiger partial charge in [0.25, 0.3) is 0 Å². The average Bonchev–Trinajstić information content (AvgIpc) is 2.77. The van der Waals surface area contributed by atoms with Crippen LogP contribution in [0.5, 0.6) is 0 Å².